The Morgan fingerprint density at radius 3 is 2.50 bits per heavy atom. The summed E-state index contributed by atoms with van der Waals surface area (Å²) in [5.74, 6) is 0. The van der Waals surface area contributed by atoms with Crippen LogP contribution in [0, 0.1) is 0 Å². The molecule has 0 N–H and O–H groups in total. The fraction of sp³-hybridized carbons (Fsp3) is 0.625. The van der Waals surface area contributed by atoms with Crippen molar-refractivity contribution in [3.05, 3.63) is 35.9 Å². The molecular formula is C16H25NO. The van der Waals surface area contributed by atoms with Gasteiger partial charge in [0.15, 0.2) is 0 Å². The summed E-state index contributed by atoms with van der Waals surface area (Å²) in [5.41, 5.74) is 1.41. The minimum atomic E-state index is 0.892. The second kappa shape index (κ2) is 8.28. The van der Waals surface area contributed by atoms with E-state index in [9.17, 15) is 0 Å². The van der Waals surface area contributed by atoms with E-state index >= 15 is 0 Å². The van der Waals surface area contributed by atoms with Gasteiger partial charge in [-0.05, 0) is 44.3 Å². The van der Waals surface area contributed by atoms with Crippen molar-refractivity contribution in [2.24, 2.45) is 0 Å². The first-order valence-electron chi connectivity index (χ1n) is 7.29. The lowest BCUT2D eigenvalue weighted by Crippen LogP contribution is -2.32. The molecule has 1 aromatic rings. The van der Waals surface area contributed by atoms with Crippen LogP contribution in [0.15, 0.2) is 30.3 Å². The maximum absolute atomic E-state index is 5.72. The zero-order valence-corrected chi connectivity index (χ0v) is 11.3. The SMILES string of the molecule is c1ccc(CCCOCCN2CCCCC2)cc1. The van der Waals surface area contributed by atoms with E-state index in [-0.39, 0.29) is 0 Å². The fourth-order valence-electron chi connectivity index (χ4n) is 2.50. The molecule has 0 bridgehead atoms. The summed E-state index contributed by atoms with van der Waals surface area (Å²) in [5, 5.41) is 0. The van der Waals surface area contributed by atoms with Crippen LogP contribution in [0.1, 0.15) is 31.2 Å². The van der Waals surface area contributed by atoms with Crippen molar-refractivity contribution in [2.75, 3.05) is 32.8 Å². The van der Waals surface area contributed by atoms with Crippen LogP contribution < -0.4 is 0 Å². The average molecular weight is 247 g/mol. The smallest absolute Gasteiger partial charge is 0.0593 e. The number of benzene rings is 1. The van der Waals surface area contributed by atoms with Crippen LogP contribution in [0.5, 0.6) is 0 Å². The highest BCUT2D eigenvalue weighted by Crippen LogP contribution is 2.08. The fourth-order valence-corrected chi connectivity index (χ4v) is 2.50. The van der Waals surface area contributed by atoms with Gasteiger partial charge in [-0.25, -0.2) is 0 Å². The summed E-state index contributed by atoms with van der Waals surface area (Å²) < 4.78 is 5.72. The molecule has 0 unspecified atom stereocenters. The number of aryl methyl sites for hydroxylation is 1. The summed E-state index contributed by atoms with van der Waals surface area (Å²) >= 11 is 0. The predicted octanol–water partition coefficient (Wildman–Crippen LogP) is 3.12. The van der Waals surface area contributed by atoms with Gasteiger partial charge in [0.2, 0.25) is 0 Å². The van der Waals surface area contributed by atoms with E-state index in [0.717, 1.165) is 32.6 Å². The van der Waals surface area contributed by atoms with Gasteiger partial charge in [0.25, 0.3) is 0 Å². The molecule has 0 amide bonds. The Morgan fingerprint density at radius 1 is 0.944 bits per heavy atom. The zero-order valence-electron chi connectivity index (χ0n) is 11.3. The molecule has 2 heteroatoms. The molecule has 1 aliphatic heterocycles. The van der Waals surface area contributed by atoms with Crippen molar-refractivity contribution in [2.45, 2.75) is 32.1 Å². The molecule has 0 aliphatic carbocycles. The normalized spacial score (nSPS) is 16.9. The van der Waals surface area contributed by atoms with Gasteiger partial charge in [0.05, 0.1) is 6.61 Å². The summed E-state index contributed by atoms with van der Waals surface area (Å²) in [7, 11) is 0. The maximum Gasteiger partial charge on any atom is 0.0593 e. The molecule has 0 spiro atoms. The Balaban J connectivity index is 1.46. The second-order valence-corrected chi connectivity index (χ2v) is 5.10. The van der Waals surface area contributed by atoms with Gasteiger partial charge in [-0.3, -0.25) is 0 Å². The lowest BCUT2D eigenvalue weighted by Gasteiger charge is -2.26. The lowest BCUT2D eigenvalue weighted by atomic mass is 10.1. The monoisotopic (exact) mass is 247 g/mol. The van der Waals surface area contributed by atoms with Crippen molar-refractivity contribution in [1.29, 1.82) is 0 Å². The predicted molar refractivity (Wildman–Crippen MR) is 75.9 cm³/mol. The molecule has 1 saturated heterocycles. The third-order valence-corrected chi connectivity index (χ3v) is 3.60. The summed E-state index contributed by atoms with van der Waals surface area (Å²) in [6, 6.07) is 10.7. The van der Waals surface area contributed by atoms with Crippen LogP contribution >= 0.6 is 0 Å². The van der Waals surface area contributed by atoms with Gasteiger partial charge in [-0.2, -0.15) is 0 Å². The van der Waals surface area contributed by atoms with Gasteiger partial charge in [-0.1, -0.05) is 36.8 Å². The summed E-state index contributed by atoms with van der Waals surface area (Å²) in [4.78, 5) is 2.53. The zero-order chi connectivity index (χ0) is 12.5. The quantitative estimate of drug-likeness (QED) is 0.686. The molecule has 1 aromatic carbocycles. The van der Waals surface area contributed by atoms with Crippen LogP contribution in [0.2, 0.25) is 0 Å². The van der Waals surface area contributed by atoms with Crippen LogP contribution in [-0.2, 0) is 11.2 Å². The first kappa shape index (κ1) is 13.6. The van der Waals surface area contributed by atoms with E-state index in [0.29, 0.717) is 0 Å². The minimum Gasteiger partial charge on any atom is -0.380 e. The molecule has 0 saturated carbocycles. The number of piperidine rings is 1. The van der Waals surface area contributed by atoms with E-state index in [1.165, 1.54) is 37.9 Å². The first-order chi connectivity index (χ1) is 8.95. The molecule has 1 aliphatic rings. The number of likely N-dealkylation sites (tertiary alicyclic amines) is 1. The largest absolute Gasteiger partial charge is 0.380 e. The molecule has 18 heavy (non-hydrogen) atoms. The van der Waals surface area contributed by atoms with E-state index < -0.39 is 0 Å². The third kappa shape index (κ3) is 5.19. The van der Waals surface area contributed by atoms with Crippen LogP contribution in [0.25, 0.3) is 0 Å². The topological polar surface area (TPSA) is 12.5 Å². The molecule has 1 fully saturated rings. The van der Waals surface area contributed by atoms with Crippen molar-refractivity contribution < 1.29 is 4.74 Å². The van der Waals surface area contributed by atoms with Crippen LogP contribution in [0.4, 0.5) is 0 Å². The molecular weight excluding hydrogens is 222 g/mol. The van der Waals surface area contributed by atoms with Gasteiger partial charge in [0.1, 0.15) is 0 Å². The number of hydrogen-bond donors (Lipinski definition) is 0. The standard InChI is InChI=1S/C16H25NO/c1-3-8-16(9-4-1)10-7-14-18-15-13-17-11-5-2-6-12-17/h1,3-4,8-9H,2,5-7,10-15H2. The van der Waals surface area contributed by atoms with Gasteiger partial charge < -0.3 is 9.64 Å². The number of rotatable bonds is 7. The summed E-state index contributed by atoms with van der Waals surface area (Å²) in [6.45, 7) is 5.45. The first-order valence-corrected chi connectivity index (χ1v) is 7.29. The Kier molecular flexibility index (Phi) is 6.24. The van der Waals surface area contributed by atoms with E-state index in [4.69, 9.17) is 4.74 Å². The second-order valence-electron chi connectivity index (χ2n) is 5.10. The van der Waals surface area contributed by atoms with Crippen molar-refractivity contribution >= 4 is 0 Å². The van der Waals surface area contributed by atoms with E-state index in [1.807, 2.05) is 0 Å². The highest BCUT2D eigenvalue weighted by Gasteiger charge is 2.08. The maximum atomic E-state index is 5.72. The molecule has 100 valence electrons. The molecule has 1 heterocycles. The highest BCUT2D eigenvalue weighted by atomic mass is 16.5. The van der Waals surface area contributed by atoms with Crippen molar-refractivity contribution in [3.8, 4) is 0 Å². The number of hydrogen-bond acceptors (Lipinski definition) is 2. The van der Waals surface area contributed by atoms with E-state index in [2.05, 4.69) is 35.2 Å². The number of ether oxygens (including phenoxy) is 1. The molecule has 2 rings (SSSR count). The average Bonchev–Trinajstić information content (AvgIpc) is 2.45. The lowest BCUT2D eigenvalue weighted by molar-refractivity contribution is 0.0951. The minimum absolute atomic E-state index is 0.892. The number of nitrogens with zero attached hydrogens (tertiary/aromatic N) is 1. The Bertz CT molecular complexity index is 306. The van der Waals surface area contributed by atoms with Crippen molar-refractivity contribution in [3.63, 3.8) is 0 Å². The molecule has 0 atom stereocenters. The Labute approximate surface area is 111 Å². The van der Waals surface area contributed by atoms with E-state index in [1.54, 1.807) is 0 Å². The highest BCUT2D eigenvalue weighted by molar-refractivity contribution is 5.14. The molecule has 0 radical (unpaired) electrons. The van der Waals surface area contributed by atoms with Gasteiger partial charge in [-0.15, -0.1) is 0 Å². The Hall–Kier alpha value is -0.860. The Morgan fingerprint density at radius 2 is 1.72 bits per heavy atom. The van der Waals surface area contributed by atoms with Crippen LogP contribution in [-0.4, -0.2) is 37.7 Å². The third-order valence-electron chi connectivity index (χ3n) is 3.60. The van der Waals surface area contributed by atoms with Crippen LogP contribution in [0.3, 0.4) is 0 Å². The van der Waals surface area contributed by atoms with Gasteiger partial charge >= 0.3 is 0 Å². The molecule has 0 aromatic heterocycles. The van der Waals surface area contributed by atoms with Gasteiger partial charge in [0, 0.05) is 13.2 Å². The van der Waals surface area contributed by atoms with Crippen molar-refractivity contribution in [1.82, 2.24) is 4.90 Å². The summed E-state index contributed by atoms with van der Waals surface area (Å²) in [6.07, 6.45) is 6.41. The molecule has 2 nitrogen and oxygen atoms in total.